The molecule has 1 fully saturated rings. The molecular formula is C14H17NO3. The van der Waals surface area contributed by atoms with Crippen LogP contribution in [0.4, 0.5) is 0 Å². The van der Waals surface area contributed by atoms with Crippen molar-refractivity contribution < 1.29 is 14.3 Å². The van der Waals surface area contributed by atoms with Gasteiger partial charge in [-0.1, -0.05) is 6.07 Å². The average molecular weight is 247 g/mol. The Bertz CT molecular complexity index is 448. The van der Waals surface area contributed by atoms with E-state index in [1.165, 1.54) is 5.56 Å². The summed E-state index contributed by atoms with van der Waals surface area (Å²) in [5, 5.41) is 2.91. The molecule has 1 N–H and O–H groups in total. The molecule has 1 aromatic carbocycles. The van der Waals surface area contributed by atoms with Crippen LogP contribution in [-0.2, 0) is 4.79 Å². The Morgan fingerprint density at radius 3 is 2.78 bits per heavy atom. The number of amides is 1. The van der Waals surface area contributed by atoms with Gasteiger partial charge in [-0.2, -0.15) is 0 Å². The molecule has 1 saturated heterocycles. The van der Waals surface area contributed by atoms with E-state index in [2.05, 4.69) is 17.4 Å². The molecule has 1 unspecified atom stereocenters. The molecule has 0 aliphatic carbocycles. The Kier molecular flexibility index (Phi) is 3.09. The summed E-state index contributed by atoms with van der Waals surface area (Å²) in [4.78, 5) is 11.2. The second-order valence-electron chi connectivity index (χ2n) is 4.80. The highest BCUT2D eigenvalue weighted by Crippen LogP contribution is 2.34. The van der Waals surface area contributed by atoms with Crippen LogP contribution >= 0.6 is 0 Å². The van der Waals surface area contributed by atoms with E-state index in [9.17, 15) is 4.79 Å². The Balaban J connectivity index is 1.81. The van der Waals surface area contributed by atoms with Gasteiger partial charge in [0.05, 0.1) is 13.2 Å². The molecule has 0 spiro atoms. The summed E-state index contributed by atoms with van der Waals surface area (Å²) in [5.74, 6) is 2.21. The molecular weight excluding hydrogens is 230 g/mol. The van der Waals surface area contributed by atoms with Gasteiger partial charge in [0.25, 0.3) is 0 Å². The first kappa shape index (κ1) is 11.4. The maximum absolute atomic E-state index is 11.2. The fourth-order valence-electron chi connectivity index (χ4n) is 2.45. The van der Waals surface area contributed by atoms with Crippen molar-refractivity contribution in [3.05, 3.63) is 23.8 Å². The molecule has 3 rings (SSSR count). The lowest BCUT2D eigenvalue weighted by molar-refractivity contribution is -0.122. The van der Waals surface area contributed by atoms with Crippen LogP contribution in [0, 0.1) is 0 Å². The molecule has 18 heavy (non-hydrogen) atoms. The van der Waals surface area contributed by atoms with Crippen molar-refractivity contribution in [2.24, 2.45) is 0 Å². The minimum absolute atomic E-state index is 0.153. The van der Waals surface area contributed by atoms with E-state index >= 15 is 0 Å². The van der Waals surface area contributed by atoms with E-state index in [4.69, 9.17) is 9.47 Å². The Morgan fingerprint density at radius 1 is 1.17 bits per heavy atom. The highest BCUT2D eigenvalue weighted by molar-refractivity contribution is 5.76. The van der Waals surface area contributed by atoms with Gasteiger partial charge in [-0.3, -0.25) is 4.79 Å². The van der Waals surface area contributed by atoms with Crippen LogP contribution in [0.5, 0.6) is 11.5 Å². The number of benzene rings is 1. The number of ether oxygens (including phenoxy) is 2. The minimum Gasteiger partial charge on any atom is -0.490 e. The molecule has 96 valence electrons. The number of carbonyl (C=O) groups is 1. The van der Waals surface area contributed by atoms with Gasteiger partial charge in [0.2, 0.25) is 5.91 Å². The van der Waals surface area contributed by atoms with Crippen LogP contribution in [0.1, 0.15) is 30.7 Å². The molecule has 0 radical (unpaired) electrons. The van der Waals surface area contributed by atoms with Crippen molar-refractivity contribution in [1.29, 1.82) is 0 Å². The maximum atomic E-state index is 11.2. The SMILES string of the molecule is O=C1CCC(c2ccc3c(c2)OCCCO3)CN1. The van der Waals surface area contributed by atoms with Gasteiger partial charge in [-0.15, -0.1) is 0 Å². The number of rotatable bonds is 1. The lowest BCUT2D eigenvalue weighted by Gasteiger charge is -2.23. The smallest absolute Gasteiger partial charge is 0.220 e. The fraction of sp³-hybridized carbons (Fsp3) is 0.500. The van der Waals surface area contributed by atoms with Crippen molar-refractivity contribution in [2.75, 3.05) is 19.8 Å². The summed E-state index contributed by atoms with van der Waals surface area (Å²) in [7, 11) is 0. The van der Waals surface area contributed by atoms with Crippen LogP contribution < -0.4 is 14.8 Å². The third-order valence-corrected chi connectivity index (χ3v) is 3.51. The number of carbonyl (C=O) groups excluding carboxylic acids is 1. The van der Waals surface area contributed by atoms with E-state index in [0.29, 0.717) is 25.6 Å². The van der Waals surface area contributed by atoms with E-state index in [1.807, 2.05) is 6.07 Å². The predicted molar refractivity (Wildman–Crippen MR) is 67.0 cm³/mol. The number of hydrogen-bond donors (Lipinski definition) is 1. The molecule has 2 heterocycles. The summed E-state index contributed by atoms with van der Waals surface area (Å²) in [6, 6.07) is 6.12. The highest BCUT2D eigenvalue weighted by Gasteiger charge is 2.21. The van der Waals surface area contributed by atoms with E-state index in [-0.39, 0.29) is 5.91 Å². The first-order chi connectivity index (χ1) is 8.83. The van der Waals surface area contributed by atoms with E-state index < -0.39 is 0 Å². The standard InChI is InChI=1S/C14H17NO3/c16-14-5-3-11(9-15-14)10-2-4-12-13(8-10)18-7-1-6-17-12/h2,4,8,11H,1,3,5-7,9H2,(H,15,16). The quantitative estimate of drug-likeness (QED) is 0.823. The molecule has 1 aromatic rings. The summed E-state index contributed by atoms with van der Waals surface area (Å²) in [6.07, 6.45) is 2.44. The summed E-state index contributed by atoms with van der Waals surface area (Å²) >= 11 is 0. The average Bonchev–Trinajstić information content (AvgIpc) is 2.64. The van der Waals surface area contributed by atoms with Gasteiger partial charge in [-0.05, 0) is 24.1 Å². The molecule has 0 bridgehead atoms. The molecule has 2 aliphatic rings. The summed E-state index contributed by atoms with van der Waals surface area (Å²) in [6.45, 7) is 2.14. The first-order valence-corrected chi connectivity index (χ1v) is 6.49. The largest absolute Gasteiger partial charge is 0.490 e. The molecule has 1 amide bonds. The van der Waals surface area contributed by atoms with Crippen LogP contribution in [-0.4, -0.2) is 25.7 Å². The topological polar surface area (TPSA) is 47.6 Å². The lowest BCUT2D eigenvalue weighted by Crippen LogP contribution is -2.33. The van der Waals surface area contributed by atoms with Gasteiger partial charge < -0.3 is 14.8 Å². The van der Waals surface area contributed by atoms with Crippen molar-refractivity contribution in [3.8, 4) is 11.5 Å². The number of fused-ring (bicyclic) bond motifs is 1. The second kappa shape index (κ2) is 4.88. The molecule has 1 atom stereocenters. The van der Waals surface area contributed by atoms with Gasteiger partial charge in [0, 0.05) is 25.3 Å². The van der Waals surface area contributed by atoms with Crippen LogP contribution in [0.15, 0.2) is 18.2 Å². The van der Waals surface area contributed by atoms with Crippen molar-refractivity contribution >= 4 is 5.91 Å². The van der Waals surface area contributed by atoms with Crippen LogP contribution in [0.25, 0.3) is 0 Å². The number of piperidine rings is 1. The van der Waals surface area contributed by atoms with E-state index in [1.54, 1.807) is 0 Å². The second-order valence-corrected chi connectivity index (χ2v) is 4.80. The zero-order valence-corrected chi connectivity index (χ0v) is 10.3. The Morgan fingerprint density at radius 2 is 2.00 bits per heavy atom. The summed E-state index contributed by atoms with van der Waals surface area (Å²) in [5.41, 5.74) is 1.22. The van der Waals surface area contributed by atoms with Gasteiger partial charge in [-0.25, -0.2) is 0 Å². The Labute approximate surface area is 106 Å². The van der Waals surface area contributed by atoms with Crippen molar-refractivity contribution in [2.45, 2.75) is 25.2 Å². The van der Waals surface area contributed by atoms with Gasteiger partial charge in [0.1, 0.15) is 0 Å². The number of nitrogens with one attached hydrogen (secondary N) is 1. The zero-order chi connectivity index (χ0) is 12.4. The molecule has 0 saturated carbocycles. The van der Waals surface area contributed by atoms with Gasteiger partial charge >= 0.3 is 0 Å². The first-order valence-electron chi connectivity index (χ1n) is 6.49. The van der Waals surface area contributed by atoms with Crippen molar-refractivity contribution in [1.82, 2.24) is 5.32 Å². The highest BCUT2D eigenvalue weighted by atomic mass is 16.5. The van der Waals surface area contributed by atoms with E-state index in [0.717, 1.165) is 30.9 Å². The third-order valence-electron chi connectivity index (χ3n) is 3.51. The third kappa shape index (κ3) is 2.28. The fourth-order valence-corrected chi connectivity index (χ4v) is 2.45. The Hall–Kier alpha value is -1.71. The molecule has 4 heteroatoms. The molecule has 2 aliphatic heterocycles. The zero-order valence-electron chi connectivity index (χ0n) is 10.3. The number of hydrogen-bond acceptors (Lipinski definition) is 3. The monoisotopic (exact) mass is 247 g/mol. The predicted octanol–water partition coefficient (Wildman–Crippen LogP) is 1.84. The van der Waals surface area contributed by atoms with Crippen LogP contribution in [0.2, 0.25) is 0 Å². The van der Waals surface area contributed by atoms with Gasteiger partial charge in [0.15, 0.2) is 11.5 Å². The van der Waals surface area contributed by atoms with Crippen LogP contribution in [0.3, 0.4) is 0 Å². The molecule has 4 nitrogen and oxygen atoms in total. The molecule has 0 aromatic heterocycles. The maximum Gasteiger partial charge on any atom is 0.220 e. The minimum atomic E-state index is 0.153. The summed E-state index contributed by atoms with van der Waals surface area (Å²) < 4.78 is 11.3. The lowest BCUT2D eigenvalue weighted by atomic mass is 9.91. The van der Waals surface area contributed by atoms with Crippen molar-refractivity contribution in [3.63, 3.8) is 0 Å². The normalized spacial score (nSPS) is 23.1.